The van der Waals surface area contributed by atoms with Gasteiger partial charge in [-0.1, -0.05) is 18.2 Å². The molecule has 0 bridgehead atoms. The number of carbonyl (C=O) groups excluding carboxylic acids is 2. The highest BCUT2D eigenvalue weighted by Gasteiger charge is 2.24. The predicted octanol–water partition coefficient (Wildman–Crippen LogP) is 5.09. The summed E-state index contributed by atoms with van der Waals surface area (Å²) in [5.41, 5.74) is 7.96. The number of ether oxygens (including phenoxy) is 1. The van der Waals surface area contributed by atoms with E-state index < -0.39 is 5.97 Å². The fourth-order valence-corrected chi connectivity index (χ4v) is 5.06. The van der Waals surface area contributed by atoms with Crippen LogP contribution in [0.2, 0.25) is 0 Å². The van der Waals surface area contributed by atoms with Crippen molar-refractivity contribution in [3.8, 4) is 16.6 Å². The Hall–Kier alpha value is -4.00. The normalized spacial score (nSPS) is 10.4. The van der Waals surface area contributed by atoms with Gasteiger partial charge < -0.3 is 15.8 Å². The van der Waals surface area contributed by atoms with Crippen LogP contribution in [-0.4, -0.2) is 23.8 Å². The summed E-state index contributed by atoms with van der Waals surface area (Å²) in [6, 6.07) is 17.9. The van der Waals surface area contributed by atoms with Gasteiger partial charge in [0, 0.05) is 6.20 Å². The Labute approximate surface area is 191 Å². The Bertz CT molecular complexity index is 1350. The maximum atomic E-state index is 13.2. The van der Waals surface area contributed by atoms with Crippen LogP contribution in [0.15, 0.2) is 60.8 Å². The van der Waals surface area contributed by atoms with E-state index in [1.54, 1.807) is 36.5 Å². The van der Waals surface area contributed by atoms with Gasteiger partial charge in [0.25, 0.3) is 0 Å². The zero-order valence-corrected chi connectivity index (χ0v) is 18.4. The molecule has 0 amide bonds. The predicted molar refractivity (Wildman–Crippen MR) is 125 cm³/mol. The van der Waals surface area contributed by atoms with Crippen molar-refractivity contribution in [2.45, 2.75) is 0 Å². The van der Waals surface area contributed by atoms with Gasteiger partial charge in [-0.15, -0.1) is 22.7 Å². The number of nitriles is 1. The fraction of sp³-hybridized carbons (Fsp3) is 0.0435. The lowest BCUT2D eigenvalue weighted by atomic mass is 10.1. The largest absolute Gasteiger partial charge is 0.465 e. The molecule has 3 N–H and O–H groups in total. The summed E-state index contributed by atoms with van der Waals surface area (Å²) < 4.78 is 4.81. The molecule has 0 aliphatic rings. The van der Waals surface area contributed by atoms with Gasteiger partial charge in [0.1, 0.15) is 21.5 Å². The van der Waals surface area contributed by atoms with Crippen molar-refractivity contribution < 1.29 is 14.3 Å². The van der Waals surface area contributed by atoms with E-state index in [-0.39, 0.29) is 21.9 Å². The molecule has 3 aromatic heterocycles. The van der Waals surface area contributed by atoms with Crippen molar-refractivity contribution in [3.63, 3.8) is 0 Å². The molecule has 9 heteroatoms. The average molecular weight is 461 g/mol. The molecular weight excluding hydrogens is 444 g/mol. The van der Waals surface area contributed by atoms with Crippen LogP contribution in [0.4, 0.5) is 16.4 Å². The number of methoxy groups -OCH3 is 1. The summed E-state index contributed by atoms with van der Waals surface area (Å²) in [7, 11) is 1.29. The third-order valence-electron chi connectivity index (χ3n) is 4.59. The van der Waals surface area contributed by atoms with E-state index in [2.05, 4.69) is 16.4 Å². The van der Waals surface area contributed by atoms with Crippen LogP contribution in [0.3, 0.4) is 0 Å². The molecule has 32 heavy (non-hydrogen) atoms. The quantitative estimate of drug-likeness (QED) is 0.304. The molecule has 0 saturated heterocycles. The number of thiophene rings is 2. The first-order valence-corrected chi connectivity index (χ1v) is 11.0. The fourth-order valence-electron chi connectivity index (χ4n) is 3.03. The van der Waals surface area contributed by atoms with Crippen molar-refractivity contribution in [1.29, 1.82) is 5.26 Å². The van der Waals surface area contributed by atoms with Gasteiger partial charge in [-0.2, -0.15) is 5.26 Å². The molecule has 0 saturated carbocycles. The van der Waals surface area contributed by atoms with Gasteiger partial charge in [-0.05, 0) is 36.4 Å². The molecule has 0 atom stereocenters. The molecule has 0 unspecified atom stereocenters. The molecular formula is C23H16N4O3S2. The number of hydrogen-bond acceptors (Lipinski definition) is 9. The first-order valence-electron chi connectivity index (χ1n) is 9.36. The standard InChI is InChI=1S/C23H16N4O3S2/c1-30-23(29)13-6-2-3-7-15(13)27-22-14(12-24)19(25)21(32-22)20(28)18-10-9-17(31-18)16-8-4-5-11-26-16/h2-11,27H,25H2,1H3. The Morgan fingerprint density at radius 3 is 2.59 bits per heavy atom. The van der Waals surface area contributed by atoms with E-state index in [0.717, 1.165) is 21.9 Å². The first-order chi connectivity index (χ1) is 15.5. The van der Waals surface area contributed by atoms with Gasteiger partial charge >= 0.3 is 5.97 Å². The van der Waals surface area contributed by atoms with Crippen LogP contribution in [-0.2, 0) is 4.74 Å². The second-order valence-corrected chi connectivity index (χ2v) is 8.64. The number of rotatable bonds is 6. The lowest BCUT2D eigenvalue weighted by molar-refractivity contribution is 0.0601. The maximum Gasteiger partial charge on any atom is 0.339 e. The number of nitrogens with one attached hydrogen (secondary N) is 1. The van der Waals surface area contributed by atoms with E-state index in [9.17, 15) is 14.9 Å². The number of nitrogens with two attached hydrogens (primary N) is 1. The molecule has 0 radical (unpaired) electrons. The molecule has 4 aromatic rings. The second kappa shape index (κ2) is 9.01. The number of para-hydroxylation sites is 1. The van der Waals surface area contributed by atoms with Crippen LogP contribution in [0.1, 0.15) is 30.5 Å². The van der Waals surface area contributed by atoms with Crippen LogP contribution < -0.4 is 11.1 Å². The van der Waals surface area contributed by atoms with Crippen LogP contribution in [0, 0.1) is 11.3 Å². The Balaban J connectivity index is 1.68. The molecule has 0 fully saturated rings. The van der Waals surface area contributed by atoms with E-state index >= 15 is 0 Å². The number of nitrogens with zero attached hydrogens (tertiary/aromatic N) is 2. The Morgan fingerprint density at radius 2 is 1.88 bits per heavy atom. The molecule has 0 aliphatic heterocycles. The van der Waals surface area contributed by atoms with E-state index in [1.165, 1.54) is 18.4 Å². The first kappa shape index (κ1) is 21.2. The molecule has 0 spiro atoms. The number of esters is 1. The Kier molecular flexibility index (Phi) is 5.98. The van der Waals surface area contributed by atoms with Gasteiger partial charge in [0.15, 0.2) is 0 Å². The minimum atomic E-state index is -0.520. The smallest absolute Gasteiger partial charge is 0.339 e. The number of nitrogen functional groups attached to an aromatic ring is 1. The molecule has 3 heterocycles. The van der Waals surface area contributed by atoms with Crippen LogP contribution >= 0.6 is 22.7 Å². The minimum absolute atomic E-state index is 0.105. The molecule has 7 nitrogen and oxygen atoms in total. The highest BCUT2D eigenvalue weighted by molar-refractivity contribution is 7.21. The Morgan fingerprint density at radius 1 is 1.09 bits per heavy atom. The summed E-state index contributed by atoms with van der Waals surface area (Å²) >= 11 is 2.38. The van der Waals surface area contributed by atoms with E-state index in [1.807, 2.05) is 24.3 Å². The summed E-state index contributed by atoms with van der Waals surface area (Å²) in [5, 5.41) is 13.1. The highest BCUT2D eigenvalue weighted by atomic mass is 32.1. The monoisotopic (exact) mass is 460 g/mol. The van der Waals surface area contributed by atoms with E-state index in [4.69, 9.17) is 10.5 Å². The van der Waals surface area contributed by atoms with Crippen molar-refractivity contribution in [3.05, 3.63) is 81.7 Å². The third-order valence-corrected chi connectivity index (χ3v) is 6.82. The second-order valence-electron chi connectivity index (χ2n) is 6.53. The average Bonchev–Trinajstić information content (AvgIpc) is 3.44. The number of aromatic nitrogens is 1. The summed E-state index contributed by atoms with van der Waals surface area (Å²) in [6.45, 7) is 0. The zero-order chi connectivity index (χ0) is 22.7. The van der Waals surface area contributed by atoms with Gasteiger partial charge in [-0.25, -0.2) is 4.79 Å². The van der Waals surface area contributed by atoms with Crippen molar-refractivity contribution in [2.75, 3.05) is 18.2 Å². The van der Waals surface area contributed by atoms with E-state index in [0.29, 0.717) is 21.1 Å². The number of anilines is 3. The number of hydrogen-bond donors (Lipinski definition) is 2. The lowest BCUT2D eigenvalue weighted by Gasteiger charge is -2.09. The molecule has 0 aliphatic carbocycles. The number of pyridine rings is 1. The molecule has 1 aromatic carbocycles. The molecule has 4 rings (SSSR count). The van der Waals surface area contributed by atoms with Gasteiger partial charge in [0.2, 0.25) is 5.78 Å². The summed E-state index contributed by atoms with van der Waals surface area (Å²) in [5.74, 6) is -0.793. The van der Waals surface area contributed by atoms with Crippen LogP contribution in [0.25, 0.3) is 10.6 Å². The van der Waals surface area contributed by atoms with Gasteiger partial charge in [-0.3, -0.25) is 9.78 Å². The minimum Gasteiger partial charge on any atom is -0.465 e. The number of benzene rings is 1. The SMILES string of the molecule is COC(=O)c1ccccc1Nc1sc(C(=O)c2ccc(-c3ccccn3)s2)c(N)c1C#N. The van der Waals surface area contributed by atoms with Crippen molar-refractivity contribution in [1.82, 2.24) is 4.98 Å². The zero-order valence-electron chi connectivity index (χ0n) is 16.8. The maximum absolute atomic E-state index is 13.2. The van der Waals surface area contributed by atoms with Gasteiger partial charge in [0.05, 0.1) is 39.5 Å². The van der Waals surface area contributed by atoms with Crippen LogP contribution in [0.5, 0.6) is 0 Å². The number of carbonyl (C=O) groups is 2. The van der Waals surface area contributed by atoms with Crippen molar-refractivity contribution in [2.24, 2.45) is 0 Å². The topological polar surface area (TPSA) is 118 Å². The molecule has 158 valence electrons. The third kappa shape index (κ3) is 3.97. The lowest BCUT2D eigenvalue weighted by Crippen LogP contribution is -2.05. The highest BCUT2D eigenvalue weighted by Crippen LogP contribution is 2.40. The van der Waals surface area contributed by atoms with Crippen molar-refractivity contribution >= 4 is 50.8 Å². The number of ketones is 1. The summed E-state index contributed by atoms with van der Waals surface area (Å²) in [4.78, 5) is 31.1. The summed E-state index contributed by atoms with van der Waals surface area (Å²) in [6.07, 6.45) is 1.69.